The molecular weight excluding hydrogens is 378 g/mol. The predicted molar refractivity (Wildman–Crippen MR) is 117 cm³/mol. The van der Waals surface area contributed by atoms with Gasteiger partial charge in [-0.1, -0.05) is 6.08 Å². The summed E-state index contributed by atoms with van der Waals surface area (Å²) in [5, 5.41) is 2.32. The summed E-state index contributed by atoms with van der Waals surface area (Å²) < 4.78 is 16.7. The third-order valence-corrected chi connectivity index (χ3v) is 6.64. The topological polar surface area (TPSA) is 48.0 Å². The van der Waals surface area contributed by atoms with Gasteiger partial charge in [-0.05, 0) is 89.5 Å². The van der Waals surface area contributed by atoms with Crippen molar-refractivity contribution < 1.29 is 19.0 Å². The van der Waals surface area contributed by atoms with Gasteiger partial charge in [0.05, 0.1) is 14.2 Å². The lowest BCUT2D eigenvalue weighted by molar-refractivity contribution is -0.136. The number of nitrogens with zero attached hydrogens (tertiary/aromatic N) is 1. The van der Waals surface area contributed by atoms with E-state index in [1.54, 1.807) is 14.2 Å². The second-order valence-electron chi connectivity index (χ2n) is 8.32. The third-order valence-electron chi connectivity index (χ3n) is 6.64. The number of carbonyl (C=O) groups excluding carboxylic acids is 1. The average Bonchev–Trinajstić information content (AvgIpc) is 3.10. The van der Waals surface area contributed by atoms with E-state index in [9.17, 15) is 4.79 Å². The number of esters is 1. The van der Waals surface area contributed by atoms with Crippen molar-refractivity contribution in [1.29, 1.82) is 0 Å². The van der Waals surface area contributed by atoms with Gasteiger partial charge in [0, 0.05) is 19.5 Å². The van der Waals surface area contributed by atoms with E-state index >= 15 is 0 Å². The summed E-state index contributed by atoms with van der Waals surface area (Å²) in [5.74, 6) is 1.72. The van der Waals surface area contributed by atoms with Crippen molar-refractivity contribution in [3.63, 3.8) is 0 Å². The number of methoxy groups -OCH3 is 2. The summed E-state index contributed by atoms with van der Waals surface area (Å²) >= 11 is 0. The second-order valence-corrected chi connectivity index (χ2v) is 8.32. The van der Waals surface area contributed by atoms with E-state index in [1.165, 1.54) is 48.4 Å². The average molecular weight is 405 g/mol. The first-order chi connectivity index (χ1) is 14.6. The highest BCUT2D eigenvalue weighted by atomic mass is 16.5. The van der Waals surface area contributed by atoms with Crippen LogP contribution in [-0.4, -0.2) is 37.7 Å². The van der Waals surface area contributed by atoms with E-state index in [4.69, 9.17) is 14.2 Å². The lowest BCUT2D eigenvalue weighted by atomic mass is 9.82. The smallest absolute Gasteiger partial charge is 0.308 e. The monoisotopic (exact) mass is 405 g/mol. The van der Waals surface area contributed by atoms with Gasteiger partial charge in [0.1, 0.15) is 5.76 Å². The molecule has 5 heteroatoms. The molecule has 2 aromatic rings. The van der Waals surface area contributed by atoms with Gasteiger partial charge in [-0.2, -0.15) is 0 Å². The Morgan fingerprint density at radius 2 is 1.83 bits per heavy atom. The number of hydrogen-bond donors (Lipinski definition) is 0. The highest BCUT2D eigenvalue weighted by molar-refractivity contribution is 5.98. The Bertz CT molecular complexity index is 1100. The Hall–Kier alpha value is -2.79. The number of benzene rings is 2. The molecule has 1 saturated heterocycles. The molecule has 2 aliphatic heterocycles. The first kappa shape index (κ1) is 19.2. The van der Waals surface area contributed by atoms with Gasteiger partial charge in [0.15, 0.2) is 11.5 Å². The third kappa shape index (κ3) is 3.08. The Balaban J connectivity index is 1.81. The zero-order valence-corrected chi connectivity index (χ0v) is 17.8. The van der Waals surface area contributed by atoms with E-state index in [0.717, 1.165) is 36.1 Å². The summed E-state index contributed by atoms with van der Waals surface area (Å²) in [7, 11) is 3.34. The summed E-state index contributed by atoms with van der Waals surface area (Å²) in [5.41, 5.74) is 5.32. The maximum absolute atomic E-state index is 11.6. The molecule has 1 fully saturated rings. The molecule has 3 aliphatic rings. The number of carbonyl (C=O) groups is 1. The molecule has 5 rings (SSSR count). The zero-order chi connectivity index (χ0) is 20.8. The summed E-state index contributed by atoms with van der Waals surface area (Å²) in [6.07, 6.45) is 10.5. The number of fused-ring (bicyclic) bond motifs is 7. The predicted octanol–water partition coefficient (Wildman–Crippen LogP) is 4.39. The quantitative estimate of drug-likeness (QED) is 0.709. The van der Waals surface area contributed by atoms with Crippen molar-refractivity contribution in [2.24, 2.45) is 0 Å². The lowest BCUT2D eigenvalue weighted by Crippen LogP contribution is -2.36. The van der Waals surface area contributed by atoms with E-state index < -0.39 is 0 Å². The van der Waals surface area contributed by atoms with Crippen LogP contribution in [0.5, 0.6) is 11.5 Å². The Morgan fingerprint density at radius 1 is 1.07 bits per heavy atom. The van der Waals surface area contributed by atoms with Crippen LogP contribution in [0.4, 0.5) is 0 Å². The normalized spacial score (nSPS) is 20.1. The molecule has 1 atom stereocenters. The van der Waals surface area contributed by atoms with Crippen molar-refractivity contribution in [2.75, 3.05) is 20.8 Å². The summed E-state index contributed by atoms with van der Waals surface area (Å²) in [4.78, 5) is 14.2. The van der Waals surface area contributed by atoms with Crippen molar-refractivity contribution in [3.05, 3.63) is 52.3 Å². The molecule has 0 spiro atoms. The number of allylic oxidation sites excluding steroid dienone is 2. The summed E-state index contributed by atoms with van der Waals surface area (Å²) in [6.45, 7) is 3.59. The molecule has 0 N–H and O–H groups in total. The molecule has 1 aliphatic carbocycles. The van der Waals surface area contributed by atoms with Gasteiger partial charge in [-0.15, -0.1) is 0 Å². The van der Waals surface area contributed by atoms with Crippen LogP contribution in [0.1, 0.15) is 42.0 Å². The standard InChI is InChI=1S/C25H27NO4/c1-15(27)30-17-7-4-8-18-19-10-16-6-5-9-26(16)14-23(19)22-13-25(29-3)24(28-2)12-21(22)20(18)11-17/h4,7,11-13,16H,5-6,8-10,14H2,1-3H3. The van der Waals surface area contributed by atoms with Crippen LogP contribution in [-0.2, 0) is 28.9 Å². The highest BCUT2D eigenvalue weighted by Gasteiger charge is 2.33. The first-order valence-corrected chi connectivity index (χ1v) is 10.6. The van der Waals surface area contributed by atoms with Gasteiger partial charge in [0.25, 0.3) is 0 Å². The Kier molecular flexibility index (Phi) is 4.78. The fourth-order valence-electron chi connectivity index (χ4n) is 5.33. The van der Waals surface area contributed by atoms with Gasteiger partial charge in [-0.25, -0.2) is 0 Å². The molecule has 2 heterocycles. The van der Waals surface area contributed by atoms with Gasteiger partial charge < -0.3 is 14.2 Å². The van der Waals surface area contributed by atoms with E-state index in [1.807, 2.05) is 12.2 Å². The van der Waals surface area contributed by atoms with Crippen LogP contribution in [0.25, 0.3) is 16.8 Å². The molecular formula is C25H27NO4. The molecule has 1 unspecified atom stereocenters. The molecule has 0 bridgehead atoms. The van der Waals surface area contributed by atoms with Gasteiger partial charge >= 0.3 is 5.97 Å². The minimum atomic E-state index is -0.308. The molecule has 5 nitrogen and oxygen atoms in total. The van der Waals surface area contributed by atoms with Crippen molar-refractivity contribution >= 4 is 22.8 Å². The number of ether oxygens (including phenoxy) is 3. The molecule has 0 amide bonds. The highest BCUT2D eigenvalue weighted by Crippen LogP contribution is 2.44. The Labute approximate surface area is 176 Å². The van der Waals surface area contributed by atoms with E-state index in [0.29, 0.717) is 17.6 Å². The van der Waals surface area contributed by atoms with Crippen LogP contribution in [0, 0.1) is 0 Å². The molecule has 0 radical (unpaired) electrons. The first-order valence-electron chi connectivity index (χ1n) is 10.6. The second kappa shape index (κ2) is 7.47. The molecule has 2 aromatic carbocycles. The van der Waals surface area contributed by atoms with Crippen LogP contribution in [0.15, 0.2) is 30.0 Å². The summed E-state index contributed by atoms with van der Waals surface area (Å²) in [6, 6.07) is 4.81. The lowest BCUT2D eigenvalue weighted by Gasteiger charge is -2.34. The molecule has 0 aromatic heterocycles. The van der Waals surface area contributed by atoms with E-state index in [2.05, 4.69) is 23.1 Å². The van der Waals surface area contributed by atoms with Gasteiger partial charge in [-0.3, -0.25) is 9.69 Å². The number of rotatable bonds is 3. The molecule has 0 saturated carbocycles. The molecule has 30 heavy (non-hydrogen) atoms. The van der Waals surface area contributed by atoms with E-state index in [-0.39, 0.29) is 5.97 Å². The van der Waals surface area contributed by atoms with Crippen molar-refractivity contribution in [2.45, 2.75) is 45.2 Å². The maximum Gasteiger partial charge on any atom is 0.308 e. The minimum Gasteiger partial charge on any atom is -0.493 e. The Morgan fingerprint density at radius 3 is 2.57 bits per heavy atom. The van der Waals surface area contributed by atoms with Crippen LogP contribution < -0.4 is 9.47 Å². The van der Waals surface area contributed by atoms with Crippen molar-refractivity contribution in [1.82, 2.24) is 4.90 Å². The zero-order valence-electron chi connectivity index (χ0n) is 17.8. The number of hydrogen-bond acceptors (Lipinski definition) is 5. The van der Waals surface area contributed by atoms with Crippen LogP contribution in [0.2, 0.25) is 0 Å². The minimum absolute atomic E-state index is 0.308. The fourth-order valence-corrected chi connectivity index (χ4v) is 5.33. The van der Waals surface area contributed by atoms with Crippen LogP contribution >= 0.6 is 0 Å². The van der Waals surface area contributed by atoms with Crippen molar-refractivity contribution in [3.8, 4) is 11.5 Å². The van der Waals surface area contributed by atoms with Crippen LogP contribution in [0.3, 0.4) is 0 Å². The molecule has 156 valence electrons. The largest absolute Gasteiger partial charge is 0.493 e. The fraction of sp³-hybridized carbons (Fsp3) is 0.400. The van der Waals surface area contributed by atoms with Gasteiger partial charge in [0.2, 0.25) is 0 Å². The maximum atomic E-state index is 11.6. The SMILES string of the molecule is COc1cc2c3c(c4c(c2cc1OC)CN1CCCC1C4)CC=CC(OC(C)=O)=C3.